The Balaban J connectivity index is 1.78. The largest absolute Gasteiger partial charge is 0.505 e. The Hall–Kier alpha value is -1.66. The molecular weight excluding hydrogens is 313 g/mol. The van der Waals surface area contributed by atoms with Gasteiger partial charge in [0.25, 0.3) is 5.91 Å². The van der Waals surface area contributed by atoms with Gasteiger partial charge in [0.05, 0.1) is 0 Å². The quantitative estimate of drug-likeness (QED) is 0.859. The molecule has 0 radical (unpaired) electrons. The van der Waals surface area contributed by atoms with Gasteiger partial charge in [0.1, 0.15) is 0 Å². The molecule has 1 aromatic rings. The van der Waals surface area contributed by atoms with E-state index >= 15 is 0 Å². The van der Waals surface area contributed by atoms with E-state index in [2.05, 4.69) is 13.8 Å². The smallest absolute Gasteiger partial charge is 0.254 e. The summed E-state index contributed by atoms with van der Waals surface area (Å²) in [6, 6.07) is 3.83. The Morgan fingerprint density at radius 1 is 1.33 bits per heavy atom. The van der Waals surface area contributed by atoms with Crippen molar-refractivity contribution >= 4 is 5.91 Å². The van der Waals surface area contributed by atoms with Gasteiger partial charge in [-0.2, -0.15) is 0 Å². The van der Waals surface area contributed by atoms with Crippen LogP contribution in [0, 0.1) is 17.2 Å². The number of nitrogens with zero attached hydrogens (tertiary/aromatic N) is 1. The van der Waals surface area contributed by atoms with E-state index in [1.54, 1.807) is 19.1 Å². The van der Waals surface area contributed by atoms with Crippen LogP contribution in [0.4, 0.5) is 4.39 Å². The highest BCUT2D eigenvalue weighted by Crippen LogP contribution is 2.61. The second kappa shape index (κ2) is 5.70. The highest BCUT2D eigenvalue weighted by Gasteiger charge is 2.67. The third-order valence-corrected chi connectivity index (χ3v) is 5.52. The van der Waals surface area contributed by atoms with Crippen LogP contribution in [0.2, 0.25) is 0 Å². The Morgan fingerprint density at radius 2 is 1.96 bits per heavy atom. The number of hydrogen-bond donors (Lipinski definition) is 1. The van der Waals surface area contributed by atoms with Crippen LogP contribution in [0.25, 0.3) is 0 Å². The van der Waals surface area contributed by atoms with Crippen molar-refractivity contribution in [3.63, 3.8) is 0 Å². The van der Waals surface area contributed by atoms with Crippen molar-refractivity contribution < 1.29 is 23.8 Å². The van der Waals surface area contributed by atoms with E-state index in [-0.39, 0.29) is 28.8 Å². The van der Waals surface area contributed by atoms with Crippen LogP contribution in [0.15, 0.2) is 18.2 Å². The normalized spacial score (nSPS) is 23.9. The summed E-state index contributed by atoms with van der Waals surface area (Å²) in [5.41, 5.74) is 0.264. The van der Waals surface area contributed by atoms with Gasteiger partial charge < -0.3 is 19.5 Å². The van der Waals surface area contributed by atoms with E-state index in [1.807, 2.05) is 0 Å². The maximum Gasteiger partial charge on any atom is 0.254 e. The molecule has 1 spiro atoms. The van der Waals surface area contributed by atoms with Crippen molar-refractivity contribution in [2.45, 2.75) is 38.5 Å². The number of likely N-dealkylation sites (tertiary alicyclic amines) is 1. The van der Waals surface area contributed by atoms with Crippen LogP contribution in [0.5, 0.6) is 5.75 Å². The third kappa shape index (κ3) is 2.40. The van der Waals surface area contributed by atoms with Gasteiger partial charge in [0, 0.05) is 50.6 Å². The molecule has 1 aromatic carbocycles. The summed E-state index contributed by atoms with van der Waals surface area (Å²) >= 11 is 0. The third-order valence-electron chi connectivity index (χ3n) is 5.52. The molecule has 1 heterocycles. The molecule has 1 saturated carbocycles. The Kier molecular flexibility index (Phi) is 4.08. The SMILES string of the molecule is COC1(OC)CC2(CN(C(=O)c3ccc(O)c(F)c3)C2C(C)C)C1. The van der Waals surface area contributed by atoms with Crippen molar-refractivity contribution in [3.05, 3.63) is 29.6 Å². The lowest BCUT2D eigenvalue weighted by Gasteiger charge is -2.68. The minimum atomic E-state index is -0.779. The Bertz CT molecular complexity index is 648. The molecule has 1 atom stereocenters. The second-order valence-electron chi connectivity index (χ2n) is 7.32. The molecule has 2 aliphatic rings. The number of aromatic hydroxyl groups is 1. The molecule has 24 heavy (non-hydrogen) atoms. The number of methoxy groups -OCH3 is 2. The van der Waals surface area contributed by atoms with Crippen molar-refractivity contribution in [3.8, 4) is 5.75 Å². The van der Waals surface area contributed by atoms with E-state index in [0.717, 1.165) is 18.9 Å². The van der Waals surface area contributed by atoms with E-state index in [0.29, 0.717) is 6.54 Å². The summed E-state index contributed by atoms with van der Waals surface area (Å²) in [6.45, 7) is 4.79. The standard InChI is InChI=1S/C18H24FNO4/c1-11(2)15-17(8-18(9-17,23-3)24-4)10-20(15)16(22)12-5-6-14(21)13(19)7-12/h5-7,11,15,21H,8-10H2,1-4H3. The van der Waals surface area contributed by atoms with Gasteiger partial charge in [-0.25, -0.2) is 4.39 Å². The van der Waals surface area contributed by atoms with Crippen LogP contribution < -0.4 is 0 Å². The fraction of sp³-hybridized carbons (Fsp3) is 0.611. The monoisotopic (exact) mass is 337 g/mol. The summed E-state index contributed by atoms with van der Waals surface area (Å²) in [5.74, 6) is -1.70. The molecule has 0 aromatic heterocycles. The highest BCUT2D eigenvalue weighted by molar-refractivity contribution is 5.95. The molecule has 2 fully saturated rings. The summed E-state index contributed by atoms with van der Waals surface area (Å²) in [5, 5.41) is 9.29. The molecule has 5 nitrogen and oxygen atoms in total. The predicted molar refractivity (Wildman–Crippen MR) is 86.1 cm³/mol. The molecule has 132 valence electrons. The van der Waals surface area contributed by atoms with Crippen molar-refractivity contribution in [1.29, 1.82) is 0 Å². The predicted octanol–water partition coefficient (Wildman–Crippen LogP) is 2.78. The first-order valence-corrected chi connectivity index (χ1v) is 8.17. The van der Waals surface area contributed by atoms with Gasteiger partial charge in [0.15, 0.2) is 17.4 Å². The Labute approximate surface area is 141 Å². The molecule has 1 N–H and O–H groups in total. The topological polar surface area (TPSA) is 59.0 Å². The number of carbonyl (C=O) groups is 1. The number of rotatable bonds is 4. The lowest BCUT2D eigenvalue weighted by molar-refractivity contribution is -0.332. The van der Waals surface area contributed by atoms with Gasteiger partial charge in [-0.3, -0.25) is 4.79 Å². The van der Waals surface area contributed by atoms with Crippen LogP contribution in [-0.2, 0) is 9.47 Å². The lowest BCUT2D eigenvalue weighted by atomic mass is 9.52. The molecule has 1 amide bonds. The number of hydrogen-bond acceptors (Lipinski definition) is 4. The van der Waals surface area contributed by atoms with Gasteiger partial charge in [-0.1, -0.05) is 13.8 Å². The van der Waals surface area contributed by atoms with Crippen LogP contribution in [-0.4, -0.2) is 48.5 Å². The maximum absolute atomic E-state index is 13.5. The fourth-order valence-electron chi connectivity index (χ4n) is 4.53. The summed E-state index contributed by atoms with van der Waals surface area (Å²) in [6.07, 6.45) is 1.51. The van der Waals surface area contributed by atoms with Gasteiger partial charge >= 0.3 is 0 Å². The fourth-order valence-corrected chi connectivity index (χ4v) is 4.53. The molecule has 6 heteroatoms. The number of phenols is 1. The number of phenolic OH excluding ortho intramolecular Hbond substituents is 1. The highest BCUT2D eigenvalue weighted by atomic mass is 19.1. The van der Waals surface area contributed by atoms with Gasteiger partial charge in [-0.05, 0) is 24.1 Å². The van der Waals surface area contributed by atoms with Crippen LogP contribution in [0.1, 0.15) is 37.0 Å². The first-order valence-electron chi connectivity index (χ1n) is 8.17. The van der Waals surface area contributed by atoms with Gasteiger partial charge in [0.2, 0.25) is 0 Å². The van der Waals surface area contributed by atoms with E-state index < -0.39 is 17.4 Å². The maximum atomic E-state index is 13.5. The summed E-state index contributed by atoms with van der Waals surface area (Å²) in [7, 11) is 3.28. The summed E-state index contributed by atoms with van der Waals surface area (Å²) < 4.78 is 24.5. The minimum Gasteiger partial charge on any atom is -0.505 e. The molecule has 1 aliphatic heterocycles. The lowest BCUT2D eigenvalue weighted by Crippen LogP contribution is -2.76. The van der Waals surface area contributed by atoms with Crippen LogP contribution in [0.3, 0.4) is 0 Å². The number of benzene rings is 1. The van der Waals surface area contributed by atoms with E-state index in [1.165, 1.54) is 12.1 Å². The number of carbonyl (C=O) groups excluding carboxylic acids is 1. The minimum absolute atomic E-state index is 0.00527. The first kappa shape index (κ1) is 17.2. The molecular formula is C18H24FNO4. The number of ether oxygens (including phenoxy) is 2. The average Bonchev–Trinajstić information content (AvgIpc) is 2.48. The Morgan fingerprint density at radius 3 is 2.46 bits per heavy atom. The average molecular weight is 337 g/mol. The molecule has 3 rings (SSSR count). The zero-order chi connectivity index (χ0) is 17.7. The molecule has 1 saturated heterocycles. The molecule has 1 unspecified atom stereocenters. The van der Waals surface area contributed by atoms with E-state index in [9.17, 15) is 14.3 Å². The zero-order valence-corrected chi connectivity index (χ0v) is 14.5. The summed E-state index contributed by atoms with van der Waals surface area (Å²) in [4.78, 5) is 14.5. The van der Waals surface area contributed by atoms with Crippen molar-refractivity contribution in [1.82, 2.24) is 4.90 Å². The number of halogens is 1. The zero-order valence-electron chi connectivity index (χ0n) is 14.5. The van der Waals surface area contributed by atoms with Crippen LogP contribution >= 0.6 is 0 Å². The first-order chi connectivity index (χ1) is 11.3. The molecule has 1 aliphatic carbocycles. The second-order valence-corrected chi connectivity index (χ2v) is 7.32. The van der Waals surface area contributed by atoms with Crippen molar-refractivity contribution in [2.75, 3.05) is 20.8 Å². The van der Waals surface area contributed by atoms with Crippen molar-refractivity contribution in [2.24, 2.45) is 11.3 Å². The molecule has 0 bridgehead atoms. The number of amides is 1. The van der Waals surface area contributed by atoms with E-state index in [4.69, 9.17) is 9.47 Å². The van der Waals surface area contributed by atoms with Gasteiger partial charge in [-0.15, -0.1) is 0 Å².